The highest BCUT2D eigenvalue weighted by molar-refractivity contribution is 5.75. The molecule has 0 aliphatic carbocycles. The summed E-state index contributed by atoms with van der Waals surface area (Å²) in [5, 5.41) is 6.18. The van der Waals surface area contributed by atoms with Crippen molar-refractivity contribution in [2.24, 2.45) is 0 Å². The molecule has 1 aliphatic rings. The molecule has 1 aromatic rings. The molecule has 1 amide bonds. The van der Waals surface area contributed by atoms with Gasteiger partial charge in [0.25, 0.3) is 0 Å². The van der Waals surface area contributed by atoms with Crippen LogP contribution in [0.5, 0.6) is 0 Å². The molecule has 0 aromatic heterocycles. The van der Waals surface area contributed by atoms with Gasteiger partial charge in [-0.25, -0.2) is 0 Å². The maximum atomic E-state index is 12.0. The predicted molar refractivity (Wildman–Crippen MR) is 92.5 cm³/mol. The number of carbonyl (C=O) groups excluding carboxylic acids is 1. The molecule has 1 saturated heterocycles. The minimum Gasteiger partial charge on any atom is -0.379 e. The quantitative estimate of drug-likeness (QED) is 0.713. The molecule has 1 heterocycles. The van der Waals surface area contributed by atoms with Gasteiger partial charge in [-0.1, -0.05) is 29.8 Å². The number of morpholine rings is 1. The number of aryl methyl sites for hydroxylation is 1. The van der Waals surface area contributed by atoms with E-state index in [1.54, 1.807) is 0 Å². The van der Waals surface area contributed by atoms with Crippen LogP contribution in [0.4, 0.5) is 0 Å². The Bertz CT molecular complexity index is 487. The van der Waals surface area contributed by atoms with Crippen LogP contribution in [-0.2, 0) is 9.53 Å². The second kappa shape index (κ2) is 9.65. The number of rotatable bonds is 8. The zero-order valence-corrected chi connectivity index (χ0v) is 14.3. The van der Waals surface area contributed by atoms with Crippen molar-refractivity contribution in [3.05, 3.63) is 35.4 Å². The average Bonchev–Trinajstić information content (AvgIpc) is 2.56. The van der Waals surface area contributed by atoms with Crippen LogP contribution in [-0.4, -0.2) is 57.2 Å². The van der Waals surface area contributed by atoms with E-state index < -0.39 is 0 Å². The van der Waals surface area contributed by atoms with Crippen molar-refractivity contribution >= 4 is 5.91 Å². The molecule has 0 bridgehead atoms. The van der Waals surface area contributed by atoms with Crippen LogP contribution < -0.4 is 10.6 Å². The number of benzene rings is 1. The fourth-order valence-electron chi connectivity index (χ4n) is 2.95. The summed E-state index contributed by atoms with van der Waals surface area (Å²) in [5.74, 6) is 0.131. The first-order valence-electron chi connectivity index (χ1n) is 8.50. The zero-order chi connectivity index (χ0) is 16.5. The van der Waals surface area contributed by atoms with Crippen LogP contribution in [0.25, 0.3) is 0 Å². The molecule has 0 saturated carbocycles. The van der Waals surface area contributed by atoms with Crippen LogP contribution in [0.2, 0.25) is 0 Å². The van der Waals surface area contributed by atoms with Gasteiger partial charge in [-0.05, 0) is 32.5 Å². The van der Waals surface area contributed by atoms with E-state index in [1.165, 1.54) is 11.1 Å². The van der Waals surface area contributed by atoms with Gasteiger partial charge in [0.15, 0.2) is 0 Å². The molecule has 1 atom stereocenters. The Balaban J connectivity index is 1.97. The second-order valence-electron chi connectivity index (χ2n) is 6.09. The molecule has 1 aliphatic heterocycles. The first kappa shape index (κ1) is 17.9. The van der Waals surface area contributed by atoms with Crippen molar-refractivity contribution in [3.8, 4) is 0 Å². The fourth-order valence-corrected chi connectivity index (χ4v) is 2.95. The van der Waals surface area contributed by atoms with E-state index in [0.29, 0.717) is 13.0 Å². The normalized spacial score (nSPS) is 17.0. The maximum absolute atomic E-state index is 12.0. The van der Waals surface area contributed by atoms with Gasteiger partial charge in [0, 0.05) is 26.1 Å². The van der Waals surface area contributed by atoms with E-state index in [9.17, 15) is 4.79 Å². The molecule has 0 radical (unpaired) electrons. The molecule has 1 unspecified atom stereocenters. The largest absolute Gasteiger partial charge is 0.379 e. The van der Waals surface area contributed by atoms with Crippen molar-refractivity contribution in [3.63, 3.8) is 0 Å². The van der Waals surface area contributed by atoms with Crippen molar-refractivity contribution in [2.75, 3.05) is 46.4 Å². The Hall–Kier alpha value is -1.43. The molecule has 23 heavy (non-hydrogen) atoms. The summed E-state index contributed by atoms with van der Waals surface area (Å²) < 4.78 is 5.46. The minimum absolute atomic E-state index is 0.131. The molecule has 1 fully saturated rings. The topological polar surface area (TPSA) is 53.6 Å². The van der Waals surface area contributed by atoms with Crippen molar-refractivity contribution in [1.82, 2.24) is 15.5 Å². The summed E-state index contributed by atoms with van der Waals surface area (Å²) in [6, 6.07) is 8.78. The van der Waals surface area contributed by atoms with Crippen LogP contribution in [0.15, 0.2) is 24.3 Å². The monoisotopic (exact) mass is 319 g/mol. The van der Waals surface area contributed by atoms with Gasteiger partial charge >= 0.3 is 0 Å². The van der Waals surface area contributed by atoms with Crippen molar-refractivity contribution < 1.29 is 9.53 Å². The predicted octanol–water partition coefficient (Wildman–Crippen LogP) is 1.48. The maximum Gasteiger partial charge on any atom is 0.220 e. The number of hydrogen-bond donors (Lipinski definition) is 2. The van der Waals surface area contributed by atoms with Gasteiger partial charge in [-0.15, -0.1) is 0 Å². The highest BCUT2D eigenvalue weighted by atomic mass is 16.5. The number of hydrogen-bond acceptors (Lipinski definition) is 4. The van der Waals surface area contributed by atoms with Gasteiger partial charge in [-0.2, -0.15) is 0 Å². The van der Waals surface area contributed by atoms with Gasteiger partial charge in [-0.3, -0.25) is 9.69 Å². The molecule has 128 valence electrons. The molecule has 0 spiro atoms. The summed E-state index contributed by atoms with van der Waals surface area (Å²) in [4.78, 5) is 14.4. The first-order valence-corrected chi connectivity index (χ1v) is 8.50. The average molecular weight is 319 g/mol. The third-order valence-electron chi connectivity index (χ3n) is 4.24. The highest BCUT2D eigenvalue weighted by Gasteiger charge is 2.23. The number of amides is 1. The lowest BCUT2D eigenvalue weighted by atomic mass is 10.0. The van der Waals surface area contributed by atoms with Gasteiger partial charge in [0.1, 0.15) is 0 Å². The molecular formula is C18H29N3O2. The Morgan fingerprint density at radius 2 is 2.13 bits per heavy atom. The number of carbonyl (C=O) groups is 1. The lowest BCUT2D eigenvalue weighted by molar-refractivity contribution is -0.121. The summed E-state index contributed by atoms with van der Waals surface area (Å²) in [7, 11) is 1.91. The van der Waals surface area contributed by atoms with Crippen LogP contribution in [0, 0.1) is 6.92 Å². The van der Waals surface area contributed by atoms with E-state index in [4.69, 9.17) is 4.74 Å². The lowest BCUT2D eigenvalue weighted by Crippen LogP contribution is -2.43. The Morgan fingerprint density at radius 1 is 1.35 bits per heavy atom. The van der Waals surface area contributed by atoms with Crippen molar-refractivity contribution in [2.45, 2.75) is 25.8 Å². The second-order valence-corrected chi connectivity index (χ2v) is 6.09. The Labute approximate surface area is 139 Å². The van der Waals surface area contributed by atoms with Gasteiger partial charge in [0.05, 0.1) is 19.3 Å². The fraction of sp³-hybridized carbons (Fsp3) is 0.611. The third kappa shape index (κ3) is 5.94. The standard InChI is InChI=1S/C18H29N3O2/c1-15-5-3-6-16(13-15)17(21-9-11-23-12-10-21)14-20-18(22)7-4-8-19-2/h3,5-6,13,17,19H,4,7-12,14H2,1-2H3,(H,20,22). The van der Waals surface area contributed by atoms with Crippen LogP contribution >= 0.6 is 0 Å². The molecule has 2 N–H and O–H groups in total. The summed E-state index contributed by atoms with van der Waals surface area (Å²) in [6.07, 6.45) is 1.44. The van der Waals surface area contributed by atoms with E-state index in [0.717, 1.165) is 39.3 Å². The lowest BCUT2D eigenvalue weighted by Gasteiger charge is -2.35. The van der Waals surface area contributed by atoms with Crippen LogP contribution in [0.1, 0.15) is 30.0 Å². The Morgan fingerprint density at radius 3 is 2.83 bits per heavy atom. The third-order valence-corrected chi connectivity index (χ3v) is 4.24. The summed E-state index contributed by atoms with van der Waals surface area (Å²) >= 11 is 0. The van der Waals surface area contributed by atoms with E-state index >= 15 is 0 Å². The van der Waals surface area contributed by atoms with Gasteiger partial charge in [0.2, 0.25) is 5.91 Å². The smallest absolute Gasteiger partial charge is 0.220 e. The molecule has 5 nitrogen and oxygen atoms in total. The Kier molecular flexibility index (Phi) is 7.52. The minimum atomic E-state index is 0.131. The number of ether oxygens (including phenoxy) is 1. The SMILES string of the molecule is CNCCCC(=O)NCC(c1cccc(C)c1)N1CCOCC1. The highest BCUT2D eigenvalue weighted by Crippen LogP contribution is 2.22. The molecule has 1 aromatic carbocycles. The molecule has 5 heteroatoms. The van der Waals surface area contributed by atoms with E-state index in [1.807, 2.05) is 7.05 Å². The zero-order valence-electron chi connectivity index (χ0n) is 14.3. The van der Waals surface area contributed by atoms with Crippen molar-refractivity contribution in [1.29, 1.82) is 0 Å². The number of nitrogens with zero attached hydrogens (tertiary/aromatic N) is 1. The summed E-state index contributed by atoms with van der Waals surface area (Å²) in [6.45, 7) is 6.98. The molecular weight excluding hydrogens is 290 g/mol. The van der Waals surface area contributed by atoms with Crippen LogP contribution in [0.3, 0.4) is 0 Å². The first-order chi connectivity index (χ1) is 11.2. The summed E-state index contributed by atoms with van der Waals surface area (Å²) in [5.41, 5.74) is 2.52. The number of nitrogens with one attached hydrogen (secondary N) is 2. The van der Waals surface area contributed by atoms with E-state index in [2.05, 4.69) is 46.7 Å². The van der Waals surface area contributed by atoms with E-state index in [-0.39, 0.29) is 11.9 Å². The molecule has 2 rings (SSSR count). The van der Waals surface area contributed by atoms with Gasteiger partial charge < -0.3 is 15.4 Å².